The van der Waals surface area contributed by atoms with Crippen molar-refractivity contribution < 1.29 is 17.9 Å². The van der Waals surface area contributed by atoms with Crippen molar-refractivity contribution in [1.29, 1.82) is 5.41 Å². The molecule has 0 bridgehead atoms. The standard InChI is InChI=1S/C27H36F3N3O/c1-6-8-9-18(7-2)17-34-21-14-23(19-10-12-20(13-11-19)26(3,4)5)33-24(15-21)22(31)16-25(32)27(28,29)30/h10-16,18,31H,6-9,17,32H2,1-5H3. The molecule has 0 fully saturated rings. The van der Waals surface area contributed by atoms with E-state index in [-0.39, 0.29) is 11.1 Å². The fraction of sp³-hybridized carbons (Fsp3) is 0.481. The summed E-state index contributed by atoms with van der Waals surface area (Å²) in [6.45, 7) is 11.1. The van der Waals surface area contributed by atoms with Crippen LogP contribution in [0.2, 0.25) is 0 Å². The smallest absolute Gasteiger partial charge is 0.430 e. The van der Waals surface area contributed by atoms with Gasteiger partial charge in [-0.3, -0.25) is 5.41 Å². The molecular weight excluding hydrogens is 439 g/mol. The van der Waals surface area contributed by atoms with Crippen LogP contribution < -0.4 is 10.5 Å². The Morgan fingerprint density at radius 1 is 1.12 bits per heavy atom. The summed E-state index contributed by atoms with van der Waals surface area (Å²) in [4.78, 5) is 4.46. The maximum Gasteiger partial charge on any atom is 0.430 e. The SMILES string of the molecule is CCCCC(CC)COc1cc(C(=N)C=C(N)C(F)(F)F)nc(-c2ccc(C(C)(C)C)cc2)c1. The average Bonchev–Trinajstić information content (AvgIpc) is 2.77. The number of hydrogen-bond donors (Lipinski definition) is 2. The zero-order valence-electron chi connectivity index (χ0n) is 20.7. The van der Waals surface area contributed by atoms with Crippen molar-refractivity contribution in [2.24, 2.45) is 11.7 Å². The molecule has 0 saturated heterocycles. The Balaban J connectivity index is 2.43. The molecule has 186 valence electrons. The van der Waals surface area contributed by atoms with Gasteiger partial charge in [0.05, 0.1) is 23.7 Å². The number of halogens is 3. The van der Waals surface area contributed by atoms with Gasteiger partial charge in [-0.2, -0.15) is 13.2 Å². The highest BCUT2D eigenvalue weighted by atomic mass is 19.4. The number of nitrogens with zero attached hydrogens (tertiary/aromatic N) is 1. The molecule has 0 amide bonds. The van der Waals surface area contributed by atoms with Gasteiger partial charge in [0.1, 0.15) is 11.4 Å². The van der Waals surface area contributed by atoms with Gasteiger partial charge in [-0.25, -0.2) is 4.98 Å². The van der Waals surface area contributed by atoms with Crippen LogP contribution in [0, 0.1) is 11.3 Å². The molecule has 1 aromatic carbocycles. The highest BCUT2D eigenvalue weighted by Gasteiger charge is 2.31. The molecule has 1 aromatic heterocycles. The van der Waals surface area contributed by atoms with E-state index in [2.05, 4.69) is 39.6 Å². The topological polar surface area (TPSA) is 72.0 Å². The van der Waals surface area contributed by atoms with Crippen molar-refractivity contribution in [3.63, 3.8) is 0 Å². The van der Waals surface area contributed by atoms with Gasteiger partial charge in [0.25, 0.3) is 0 Å². The number of hydrogen-bond acceptors (Lipinski definition) is 4. The van der Waals surface area contributed by atoms with E-state index in [0.29, 0.717) is 30.0 Å². The number of aromatic nitrogens is 1. The Labute approximate surface area is 200 Å². The van der Waals surface area contributed by atoms with Gasteiger partial charge >= 0.3 is 6.18 Å². The van der Waals surface area contributed by atoms with Gasteiger partial charge in [-0.05, 0) is 29.4 Å². The quantitative estimate of drug-likeness (QED) is 0.351. The second-order valence-electron chi connectivity index (χ2n) is 9.64. The van der Waals surface area contributed by atoms with Crippen LogP contribution in [-0.2, 0) is 5.41 Å². The van der Waals surface area contributed by atoms with E-state index in [1.807, 2.05) is 24.3 Å². The van der Waals surface area contributed by atoms with Crippen molar-refractivity contribution in [3.8, 4) is 17.0 Å². The molecule has 3 N–H and O–H groups in total. The number of unbranched alkanes of at least 4 members (excludes halogenated alkanes) is 1. The third-order valence-corrected chi connectivity index (χ3v) is 5.78. The van der Waals surface area contributed by atoms with Crippen molar-refractivity contribution in [1.82, 2.24) is 4.98 Å². The minimum Gasteiger partial charge on any atom is -0.493 e. The second kappa shape index (κ2) is 11.5. The fourth-order valence-corrected chi connectivity index (χ4v) is 3.44. The zero-order chi connectivity index (χ0) is 25.5. The number of alkyl halides is 3. The van der Waals surface area contributed by atoms with Gasteiger partial charge in [-0.15, -0.1) is 0 Å². The summed E-state index contributed by atoms with van der Waals surface area (Å²) in [5.41, 5.74) is 5.89. The van der Waals surface area contributed by atoms with Crippen molar-refractivity contribution in [2.75, 3.05) is 6.61 Å². The molecule has 0 aliphatic heterocycles. The van der Waals surface area contributed by atoms with Gasteiger partial charge in [0.15, 0.2) is 0 Å². The molecule has 0 radical (unpaired) electrons. The zero-order valence-corrected chi connectivity index (χ0v) is 20.7. The van der Waals surface area contributed by atoms with E-state index < -0.39 is 17.6 Å². The largest absolute Gasteiger partial charge is 0.493 e. The normalized spacial score (nSPS) is 13.6. The second-order valence-corrected chi connectivity index (χ2v) is 9.64. The predicted molar refractivity (Wildman–Crippen MR) is 132 cm³/mol. The van der Waals surface area contributed by atoms with Gasteiger partial charge < -0.3 is 10.5 Å². The maximum atomic E-state index is 12.9. The third-order valence-electron chi connectivity index (χ3n) is 5.78. The van der Waals surface area contributed by atoms with E-state index in [1.165, 1.54) is 6.07 Å². The van der Waals surface area contributed by atoms with Crippen LogP contribution in [0.3, 0.4) is 0 Å². The molecule has 1 atom stereocenters. The van der Waals surface area contributed by atoms with Crippen LogP contribution in [0.25, 0.3) is 11.3 Å². The Kier molecular flexibility index (Phi) is 9.30. The van der Waals surface area contributed by atoms with Crippen molar-refractivity contribution >= 4 is 5.71 Å². The average molecular weight is 476 g/mol. The third kappa shape index (κ3) is 7.89. The van der Waals surface area contributed by atoms with E-state index >= 15 is 0 Å². The highest BCUT2D eigenvalue weighted by molar-refractivity contribution is 6.06. The Morgan fingerprint density at radius 2 is 1.76 bits per heavy atom. The number of nitrogens with two attached hydrogens (primary N) is 1. The molecule has 0 aliphatic rings. The Morgan fingerprint density at radius 3 is 2.29 bits per heavy atom. The number of pyridine rings is 1. The minimum atomic E-state index is -4.71. The molecular formula is C27H36F3N3O. The molecule has 0 saturated carbocycles. The maximum absolute atomic E-state index is 12.9. The summed E-state index contributed by atoms with van der Waals surface area (Å²) < 4.78 is 44.7. The molecule has 2 aromatic rings. The van der Waals surface area contributed by atoms with Crippen LogP contribution in [0.1, 0.15) is 71.6 Å². The lowest BCUT2D eigenvalue weighted by Gasteiger charge is -2.19. The predicted octanol–water partition coefficient (Wildman–Crippen LogP) is 7.41. The van der Waals surface area contributed by atoms with Gasteiger partial charge in [0.2, 0.25) is 0 Å². The molecule has 7 heteroatoms. The van der Waals surface area contributed by atoms with Crippen molar-refractivity contribution in [2.45, 2.75) is 71.9 Å². The molecule has 0 spiro atoms. The van der Waals surface area contributed by atoms with Crippen LogP contribution in [0.15, 0.2) is 48.2 Å². The van der Waals surface area contributed by atoms with Crippen LogP contribution >= 0.6 is 0 Å². The summed E-state index contributed by atoms with van der Waals surface area (Å²) in [5, 5.41) is 8.18. The highest BCUT2D eigenvalue weighted by Crippen LogP contribution is 2.29. The van der Waals surface area contributed by atoms with E-state index in [0.717, 1.165) is 36.8 Å². The first-order valence-corrected chi connectivity index (χ1v) is 11.7. The molecule has 0 aliphatic carbocycles. The molecule has 34 heavy (non-hydrogen) atoms. The molecule has 4 nitrogen and oxygen atoms in total. The lowest BCUT2D eigenvalue weighted by atomic mass is 9.86. The number of allylic oxidation sites excluding steroid dienone is 2. The molecule has 1 heterocycles. The first-order chi connectivity index (χ1) is 15.8. The van der Waals surface area contributed by atoms with E-state index in [4.69, 9.17) is 15.9 Å². The van der Waals surface area contributed by atoms with Gasteiger partial charge in [-0.1, -0.05) is 78.1 Å². The van der Waals surface area contributed by atoms with Crippen LogP contribution in [-0.4, -0.2) is 23.5 Å². The Hall–Kier alpha value is -2.83. The molecule has 2 rings (SSSR count). The summed E-state index contributed by atoms with van der Waals surface area (Å²) >= 11 is 0. The summed E-state index contributed by atoms with van der Waals surface area (Å²) in [6.07, 6.45) is 0.122. The molecule has 1 unspecified atom stereocenters. The van der Waals surface area contributed by atoms with Gasteiger partial charge in [0, 0.05) is 17.7 Å². The number of benzene rings is 1. The fourth-order valence-electron chi connectivity index (χ4n) is 3.44. The lowest BCUT2D eigenvalue weighted by Crippen LogP contribution is -2.21. The summed E-state index contributed by atoms with van der Waals surface area (Å²) in [5.74, 6) is 0.852. The monoisotopic (exact) mass is 475 g/mol. The minimum absolute atomic E-state index is 0.0161. The van der Waals surface area contributed by atoms with Crippen LogP contribution in [0.4, 0.5) is 13.2 Å². The van der Waals surface area contributed by atoms with Crippen LogP contribution in [0.5, 0.6) is 5.75 Å². The van der Waals surface area contributed by atoms with Crippen molar-refractivity contribution in [3.05, 3.63) is 59.4 Å². The summed E-state index contributed by atoms with van der Waals surface area (Å²) in [7, 11) is 0. The lowest BCUT2D eigenvalue weighted by molar-refractivity contribution is -0.0925. The Bertz CT molecular complexity index is 990. The number of ether oxygens (including phenoxy) is 1. The van der Waals surface area contributed by atoms with E-state index in [9.17, 15) is 13.2 Å². The van der Waals surface area contributed by atoms with E-state index in [1.54, 1.807) is 6.07 Å². The first kappa shape index (κ1) is 27.4. The first-order valence-electron chi connectivity index (χ1n) is 11.7. The summed E-state index contributed by atoms with van der Waals surface area (Å²) in [6, 6.07) is 11.1. The number of rotatable bonds is 10. The number of nitrogens with one attached hydrogen (secondary N) is 1.